The Hall–Kier alpha value is -0.0800. The second-order valence-electron chi connectivity index (χ2n) is 7.24. The van der Waals surface area contributed by atoms with Gasteiger partial charge < -0.3 is 5.32 Å². The van der Waals surface area contributed by atoms with Gasteiger partial charge in [-0.15, -0.1) is 0 Å². The van der Waals surface area contributed by atoms with Crippen LogP contribution in [0.15, 0.2) is 0 Å². The largest absolute Gasteiger partial charge is 0.315 e. The summed E-state index contributed by atoms with van der Waals surface area (Å²) in [5.74, 6) is 1.78. The molecule has 0 bridgehead atoms. The second kappa shape index (κ2) is 7.08. The highest BCUT2D eigenvalue weighted by Crippen LogP contribution is 2.34. The molecule has 1 N–H and O–H groups in total. The summed E-state index contributed by atoms with van der Waals surface area (Å²) in [4.78, 5) is 2.74. The molecule has 0 heterocycles. The van der Waals surface area contributed by atoms with E-state index < -0.39 is 0 Å². The summed E-state index contributed by atoms with van der Waals surface area (Å²) in [5, 5.41) is 3.59. The van der Waals surface area contributed by atoms with Crippen LogP contribution in [0.25, 0.3) is 0 Å². The highest BCUT2D eigenvalue weighted by molar-refractivity contribution is 4.93. The summed E-state index contributed by atoms with van der Waals surface area (Å²) in [6, 6.07) is 2.32. The molecule has 2 nitrogen and oxygen atoms in total. The third-order valence-corrected chi connectivity index (χ3v) is 5.84. The Labute approximate surface area is 120 Å². The molecule has 0 amide bonds. The van der Waals surface area contributed by atoms with E-state index in [0.717, 1.165) is 23.9 Å². The van der Waals surface area contributed by atoms with Crippen LogP contribution in [0.2, 0.25) is 0 Å². The highest BCUT2D eigenvalue weighted by atomic mass is 15.2. The average molecular weight is 266 g/mol. The Morgan fingerprint density at radius 1 is 1.00 bits per heavy atom. The SMILES string of the molecule is CNC1CCC(C(C)C)CC1N(C)C1CCCCC1. The Balaban J connectivity index is 1.99. The van der Waals surface area contributed by atoms with Crippen molar-refractivity contribution in [3.05, 3.63) is 0 Å². The van der Waals surface area contributed by atoms with Crippen LogP contribution in [0.3, 0.4) is 0 Å². The third kappa shape index (κ3) is 3.72. The molecule has 19 heavy (non-hydrogen) atoms. The van der Waals surface area contributed by atoms with Crippen LogP contribution in [0.1, 0.15) is 65.2 Å². The normalized spacial score (nSPS) is 34.1. The van der Waals surface area contributed by atoms with Gasteiger partial charge in [-0.25, -0.2) is 0 Å². The van der Waals surface area contributed by atoms with E-state index in [2.05, 4.69) is 38.2 Å². The van der Waals surface area contributed by atoms with Crippen LogP contribution < -0.4 is 5.32 Å². The zero-order valence-corrected chi connectivity index (χ0v) is 13.5. The first kappa shape index (κ1) is 15.3. The molecule has 0 aromatic carbocycles. The summed E-state index contributed by atoms with van der Waals surface area (Å²) < 4.78 is 0. The molecule has 2 saturated carbocycles. The Kier molecular flexibility index (Phi) is 5.70. The van der Waals surface area contributed by atoms with Crippen LogP contribution in [0.4, 0.5) is 0 Å². The fraction of sp³-hybridized carbons (Fsp3) is 1.00. The minimum Gasteiger partial charge on any atom is -0.315 e. The smallest absolute Gasteiger partial charge is 0.0251 e. The van der Waals surface area contributed by atoms with E-state index in [1.54, 1.807) is 0 Å². The van der Waals surface area contributed by atoms with Crippen LogP contribution >= 0.6 is 0 Å². The van der Waals surface area contributed by atoms with Crippen molar-refractivity contribution in [1.82, 2.24) is 10.2 Å². The predicted molar refractivity (Wildman–Crippen MR) is 83.5 cm³/mol. The molecule has 2 rings (SSSR count). The first-order chi connectivity index (χ1) is 9.13. The van der Waals surface area contributed by atoms with Crippen molar-refractivity contribution in [2.24, 2.45) is 11.8 Å². The molecule has 0 aromatic heterocycles. The Morgan fingerprint density at radius 3 is 2.26 bits per heavy atom. The van der Waals surface area contributed by atoms with Gasteiger partial charge >= 0.3 is 0 Å². The lowest BCUT2D eigenvalue weighted by Crippen LogP contribution is -2.54. The summed E-state index contributed by atoms with van der Waals surface area (Å²) >= 11 is 0. The zero-order valence-electron chi connectivity index (χ0n) is 13.5. The minimum atomic E-state index is 0.710. The molecular weight excluding hydrogens is 232 g/mol. The average Bonchev–Trinajstić information content (AvgIpc) is 2.46. The molecule has 0 aliphatic heterocycles. The molecule has 0 saturated heterocycles. The maximum absolute atomic E-state index is 3.59. The number of hydrogen-bond acceptors (Lipinski definition) is 2. The first-order valence-corrected chi connectivity index (χ1v) is 8.52. The topological polar surface area (TPSA) is 15.3 Å². The van der Waals surface area contributed by atoms with Crippen molar-refractivity contribution in [2.75, 3.05) is 14.1 Å². The van der Waals surface area contributed by atoms with Gasteiger partial charge in [0.15, 0.2) is 0 Å². The van der Waals surface area contributed by atoms with Gasteiger partial charge in [-0.1, -0.05) is 33.1 Å². The van der Waals surface area contributed by atoms with Gasteiger partial charge in [-0.3, -0.25) is 4.90 Å². The van der Waals surface area contributed by atoms with Crippen LogP contribution in [0.5, 0.6) is 0 Å². The van der Waals surface area contributed by atoms with Gasteiger partial charge in [-0.2, -0.15) is 0 Å². The molecule has 3 atom stereocenters. The lowest BCUT2D eigenvalue weighted by molar-refractivity contribution is 0.0597. The van der Waals surface area contributed by atoms with E-state index in [1.807, 2.05) is 0 Å². The van der Waals surface area contributed by atoms with E-state index in [0.29, 0.717) is 6.04 Å². The lowest BCUT2D eigenvalue weighted by atomic mass is 9.75. The van der Waals surface area contributed by atoms with Gasteiger partial charge in [0.05, 0.1) is 0 Å². The van der Waals surface area contributed by atoms with Crippen molar-refractivity contribution in [3.63, 3.8) is 0 Å². The second-order valence-corrected chi connectivity index (χ2v) is 7.24. The summed E-state index contributed by atoms with van der Waals surface area (Å²) in [7, 11) is 4.55. The van der Waals surface area contributed by atoms with Crippen LogP contribution in [0, 0.1) is 11.8 Å². The molecule has 3 unspecified atom stereocenters. The fourth-order valence-corrected chi connectivity index (χ4v) is 4.33. The third-order valence-electron chi connectivity index (χ3n) is 5.84. The van der Waals surface area contributed by atoms with Gasteiger partial charge in [-0.05, 0) is 58.0 Å². The first-order valence-electron chi connectivity index (χ1n) is 8.52. The molecule has 0 spiro atoms. The van der Waals surface area contributed by atoms with Crippen molar-refractivity contribution in [2.45, 2.75) is 83.3 Å². The summed E-state index contributed by atoms with van der Waals surface area (Å²) in [6.45, 7) is 4.81. The lowest BCUT2D eigenvalue weighted by Gasteiger charge is -2.46. The standard InChI is InChI=1S/C17H34N2/c1-13(2)14-10-11-16(18-3)17(12-14)19(4)15-8-6-5-7-9-15/h13-18H,5-12H2,1-4H3. The molecule has 2 heteroatoms. The summed E-state index contributed by atoms with van der Waals surface area (Å²) in [5.41, 5.74) is 0. The molecule has 2 aliphatic carbocycles. The van der Waals surface area contributed by atoms with Crippen molar-refractivity contribution in [3.8, 4) is 0 Å². The highest BCUT2D eigenvalue weighted by Gasteiger charge is 2.35. The zero-order chi connectivity index (χ0) is 13.8. The number of nitrogens with zero attached hydrogens (tertiary/aromatic N) is 1. The molecule has 2 fully saturated rings. The van der Waals surface area contributed by atoms with E-state index in [1.165, 1.54) is 51.4 Å². The monoisotopic (exact) mass is 266 g/mol. The van der Waals surface area contributed by atoms with Gasteiger partial charge in [0.2, 0.25) is 0 Å². The van der Waals surface area contributed by atoms with E-state index in [9.17, 15) is 0 Å². The Morgan fingerprint density at radius 2 is 1.68 bits per heavy atom. The number of rotatable bonds is 4. The van der Waals surface area contributed by atoms with Crippen LogP contribution in [-0.4, -0.2) is 37.1 Å². The van der Waals surface area contributed by atoms with E-state index >= 15 is 0 Å². The molecule has 2 aliphatic rings. The molecule has 112 valence electrons. The molecule has 0 aromatic rings. The van der Waals surface area contributed by atoms with Gasteiger partial charge in [0, 0.05) is 18.1 Å². The summed E-state index contributed by atoms with van der Waals surface area (Å²) in [6.07, 6.45) is 11.4. The number of hydrogen-bond donors (Lipinski definition) is 1. The molecule has 0 radical (unpaired) electrons. The minimum absolute atomic E-state index is 0.710. The predicted octanol–water partition coefficient (Wildman–Crippen LogP) is 3.66. The van der Waals surface area contributed by atoms with Gasteiger partial charge in [0.25, 0.3) is 0 Å². The number of nitrogens with one attached hydrogen (secondary N) is 1. The van der Waals surface area contributed by atoms with Crippen molar-refractivity contribution < 1.29 is 0 Å². The number of likely N-dealkylation sites (N-methyl/N-ethyl adjacent to an activating group) is 2. The maximum atomic E-state index is 3.59. The van der Waals surface area contributed by atoms with E-state index in [-0.39, 0.29) is 0 Å². The molecular formula is C17H34N2. The van der Waals surface area contributed by atoms with Crippen LogP contribution in [-0.2, 0) is 0 Å². The van der Waals surface area contributed by atoms with Gasteiger partial charge in [0.1, 0.15) is 0 Å². The van der Waals surface area contributed by atoms with Crippen molar-refractivity contribution >= 4 is 0 Å². The maximum Gasteiger partial charge on any atom is 0.0251 e. The Bertz CT molecular complexity index is 258. The fourth-order valence-electron chi connectivity index (χ4n) is 4.33. The van der Waals surface area contributed by atoms with E-state index in [4.69, 9.17) is 0 Å². The van der Waals surface area contributed by atoms with Crippen molar-refractivity contribution in [1.29, 1.82) is 0 Å². The quantitative estimate of drug-likeness (QED) is 0.835.